The summed E-state index contributed by atoms with van der Waals surface area (Å²) in [6, 6.07) is 5.56. The molecule has 0 fully saturated rings. The molecule has 0 saturated heterocycles. The number of fused-ring (bicyclic) bond motifs is 1. The van der Waals surface area contributed by atoms with E-state index in [1.54, 1.807) is 33.9 Å². The molecule has 0 radical (unpaired) electrons. The number of carboxylic acids is 1. The molecule has 126 valence electrons. The van der Waals surface area contributed by atoms with E-state index in [1.165, 1.54) is 0 Å². The van der Waals surface area contributed by atoms with Crippen LogP contribution in [0.3, 0.4) is 0 Å². The molecule has 0 aromatic heterocycles. The molecule has 2 N–H and O–H groups in total. The van der Waals surface area contributed by atoms with E-state index in [1.807, 2.05) is 12.1 Å². The van der Waals surface area contributed by atoms with Gasteiger partial charge in [0.05, 0.1) is 7.11 Å². The van der Waals surface area contributed by atoms with E-state index in [0.717, 1.165) is 16.9 Å². The molecule has 1 aromatic carbocycles. The summed E-state index contributed by atoms with van der Waals surface area (Å²) in [7, 11) is 1.59. The fourth-order valence-electron chi connectivity index (χ4n) is 2.74. The number of benzene rings is 1. The Labute approximate surface area is 135 Å². The zero-order valence-electron chi connectivity index (χ0n) is 13.9. The van der Waals surface area contributed by atoms with E-state index in [4.69, 9.17) is 9.47 Å². The number of ether oxygens (including phenoxy) is 2. The van der Waals surface area contributed by atoms with Gasteiger partial charge in [-0.25, -0.2) is 9.59 Å². The highest BCUT2D eigenvalue weighted by Gasteiger charge is 2.43. The van der Waals surface area contributed by atoms with Crippen LogP contribution in [0.25, 0.3) is 0 Å². The number of amides is 1. The van der Waals surface area contributed by atoms with Gasteiger partial charge in [-0.1, -0.05) is 6.07 Å². The summed E-state index contributed by atoms with van der Waals surface area (Å²) in [6.45, 7) is 5.22. The van der Waals surface area contributed by atoms with E-state index < -0.39 is 23.2 Å². The van der Waals surface area contributed by atoms with Gasteiger partial charge in [0.15, 0.2) is 0 Å². The van der Waals surface area contributed by atoms with Crippen LogP contribution < -0.4 is 10.1 Å². The smallest absolute Gasteiger partial charge is 0.408 e. The van der Waals surface area contributed by atoms with Crippen LogP contribution in [0.4, 0.5) is 4.79 Å². The van der Waals surface area contributed by atoms with Gasteiger partial charge in [-0.05, 0) is 56.9 Å². The summed E-state index contributed by atoms with van der Waals surface area (Å²) < 4.78 is 10.4. The average Bonchev–Trinajstić information content (AvgIpc) is 2.44. The molecule has 1 amide bonds. The highest BCUT2D eigenvalue weighted by Crippen LogP contribution is 2.31. The Hall–Kier alpha value is -2.24. The number of carbonyl (C=O) groups excluding carboxylic acids is 1. The first-order chi connectivity index (χ1) is 10.6. The van der Waals surface area contributed by atoms with Crippen LogP contribution in [0.1, 0.15) is 38.3 Å². The van der Waals surface area contributed by atoms with Crippen molar-refractivity contribution < 1.29 is 24.2 Å². The molecule has 0 bridgehead atoms. The van der Waals surface area contributed by atoms with Crippen LogP contribution in [0.2, 0.25) is 0 Å². The van der Waals surface area contributed by atoms with E-state index in [0.29, 0.717) is 12.8 Å². The number of hydrogen-bond donors (Lipinski definition) is 2. The molecule has 0 unspecified atom stereocenters. The minimum absolute atomic E-state index is 0.223. The van der Waals surface area contributed by atoms with E-state index in [-0.39, 0.29) is 6.42 Å². The number of rotatable bonds is 3. The maximum Gasteiger partial charge on any atom is 0.408 e. The number of alkyl carbamates (subject to hydrolysis) is 1. The molecule has 1 aliphatic rings. The standard InChI is InChI=1S/C17H23NO5/c1-16(2,3)23-15(21)18-17(14(19)20)8-7-11-9-13(22-4)6-5-12(11)10-17/h5-6,9H,7-8,10H2,1-4H3,(H,18,21)(H,19,20)/t17-/m0/s1. The quantitative estimate of drug-likeness (QED) is 0.893. The number of hydrogen-bond acceptors (Lipinski definition) is 4. The number of carbonyl (C=O) groups is 2. The zero-order chi connectivity index (χ0) is 17.3. The first-order valence-corrected chi connectivity index (χ1v) is 7.55. The minimum Gasteiger partial charge on any atom is -0.497 e. The second kappa shape index (κ2) is 6.10. The first kappa shape index (κ1) is 17.1. The maximum atomic E-state index is 12.0. The van der Waals surface area contributed by atoms with Crippen molar-refractivity contribution in [2.75, 3.05) is 7.11 Å². The number of carboxylic acid groups (broad SMARTS) is 1. The lowest BCUT2D eigenvalue weighted by Crippen LogP contribution is -2.58. The fraction of sp³-hybridized carbons (Fsp3) is 0.529. The molecular weight excluding hydrogens is 298 g/mol. The molecule has 0 aliphatic heterocycles. The largest absolute Gasteiger partial charge is 0.497 e. The van der Waals surface area contributed by atoms with Gasteiger partial charge in [0.1, 0.15) is 16.9 Å². The van der Waals surface area contributed by atoms with Gasteiger partial charge in [-0.3, -0.25) is 0 Å². The monoisotopic (exact) mass is 321 g/mol. The van der Waals surface area contributed by atoms with Crippen LogP contribution in [-0.2, 0) is 22.4 Å². The van der Waals surface area contributed by atoms with Crippen LogP contribution in [0.5, 0.6) is 5.75 Å². The predicted molar refractivity (Wildman–Crippen MR) is 84.8 cm³/mol. The average molecular weight is 321 g/mol. The number of aryl methyl sites for hydroxylation is 1. The third-order valence-electron chi connectivity index (χ3n) is 3.88. The minimum atomic E-state index is -1.34. The lowest BCUT2D eigenvalue weighted by atomic mass is 9.78. The van der Waals surface area contributed by atoms with Crippen molar-refractivity contribution in [3.05, 3.63) is 29.3 Å². The molecule has 23 heavy (non-hydrogen) atoms. The molecular formula is C17H23NO5. The summed E-state index contributed by atoms with van der Waals surface area (Å²) in [5.74, 6) is -0.309. The summed E-state index contributed by atoms with van der Waals surface area (Å²) in [4.78, 5) is 23.8. The highest BCUT2D eigenvalue weighted by molar-refractivity contribution is 5.85. The number of nitrogens with one attached hydrogen (secondary N) is 1. The lowest BCUT2D eigenvalue weighted by molar-refractivity contribution is -0.145. The van der Waals surface area contributed by atoms with Crippen molar-refractivity contribution in [3.63, 3.8) is 0 Å². The van der Waals surface area contributed by atoms with Gasteiger partial charge in [-0.2, -0.15) is 0 Å². The molecule has 0 saturated carbocycles. The van der Waals surface area contributed by atoms with Crippen LogP contribution >= 0.6 is 0 Å². The summed E-state index contributed by atoms with van der Waals surface area (Å²) in [5, 5.41) is 12.2. The lowest BCUT2D eigenvalue weighted by Gasteiger charge is -2.35. The van der Waals surface area contributed by atoms with E-state index in [2.05, 4.69) is 5.32 Å². The van der Waals surface area contributed by atoms with Gasteiger partial charge in [0.25, 0.3) is 0 Å². The summed E-state index contributed by atoms with van der Waals surface area (Å²) in [5.41, 5.74) is -0.0732. The molecule has 2 rings (SSSR count). The highest BCUT2D eigenvalue weighted by atomic mass is 16.6. The van der Waals surface area contributed by atoms with Gasteiger partial charge in [0.2, 0.25) is 0 Å². The Balaban J connectivity index is 2.22. The van der Waals surface area contributed by atoms with Crippen LogP contribution in [0.15, 0.2) is 18.2 Å². The van der Waals surface area contributed by atoms with Gasteiger partial charge in [0, 0.05) is 6.42 Å². The second-order valence-electron chi connectivity index (χ2n) is 6.83. The fourth-order valence-corrected chi connectivity index (χ4v) is 2.74. The van der Waals surface area contributed by atoms with Crippen molar-refractivity contribution in [1.29, 1.82) is 0 Å². The van der Waals surface area contributed by atoms with E-state index in [9.17, 15) is 14.7 Å². The molecule has 1 aromatic rings. The molecule has 6 nitrogen and oxygen atoms in total. The van der Waals surface area contributed by atoms with Gasteiger partial charge in [-0.15, -0.1) is 0 Å². The third kappa shape index (κ3) is 3.94. The van der Waals surface area contributed by atoms with Gasteiger partial charge >= 0.3 is 12.1 Å². The Bertz CT molecular complexity index is 620. The second-order valence-corrected chi connectivity index (χ2v) is 6.83. The third-order valence-corrected chi connectivity index (χ3v) is 3.88. The van der Waals surface area contributed by atoms with Crippen molar-refractivity contribution >= 4 is 12.1 Å². The first-order valence-electron chi connectivity index (χ1n) is 7.55. The van der Waals surface area contributed by atoms with E-state index >= 15 is 0 Å². The van der Waals surface area contributed by atoms with Gasteiger partial charge < -0.3 is 19.9 Å². The Morgan fingerprint density at radius 3 is 2.52 bits per heavy atom. The van der Waals surface area contributed by atoms with Crippen LogP contribution in [0, 0.1) is 0 Å². The van der Waals surface area contributed by atoms with Crippen molar-refractivity contribution in [3.8, 4) is 5.75 Å². The Kier molecular flexibility index (Phi) is 4.54. The molecule has 0 heterocycles. The predicted octanol–water partition coefficient (Wildman–Crippen LogP) is 2.53. The normalized spacial score (nSPS) is 20.3. The molecule has 1 atom stereocenters. The zero-order valence-corrected chi connectivity index (χ0v) is 13.9. The van der Waals surface area contributed by atoms with Crippen LogP contribution in [-0.4, -0.2) is 35.4 Å². The van der Waals surface area contributed by atoms with Crippen molar-refractivity contribution in [2.45, 2.75) is 51.2 Å². The Morgan fingerprint density at radius 1 is 1.26 bits per heavy atom. The maximum absolute atomic E-state index is 12.0. The number of methoxy groups -OCH3 is 1. The topological polar surface area (TPSA) is 84.9 Å². The number of aliphatic carboxylic acids is 1. The van der Waals surface area contributed by atoms with Crippen molar-refractivity contribution in [2.24, 2.45) is 0 Å². The SMILES string of the molecule is COc1ccc2c(c1)CC[C@@](NC(=O)OC(C)(C)C)(C(=O)O)C2. The summed E-state index contributed by atoms with van der Waals surface area (Å²) >= 11 is 0. The molecule has 1 aliphatic carbocycles. The summed E-state index contributed by atoms with van der Waals surface area (Å²) in [6.07, 6.45) is 0.369. The molecule has 0 spiro atoms. The molecule has 6 heteroatoms. The Morgan fingerprint density at radius 2 is 1.96 bits per heavy atom. The van der Waals surface area contributed by atoms with Crippen molar-refractivity contribution in [1.82, 2.24) is 5.32 Å².